The number of aryl methyl sites for hydroxylation is 1. The summed E-state index contributed by atoms with van der Waals surface area (Å²) in [6.45, 7) is 2.14. The van der Waals surface area contributed by atoms with Crippen molar-refractivity contribution in [3.8, 4) is 0 Å². The minimum Gasteiger partial charge on any atom is -0.360 e. The molecule has 0 aliphatic heterocycles. The van der Waals surface area contributed by atoms with Gasteiger partial charge in [-0.25, -0.2) is 0 Å². The standard InChI is InChI=1S/C13H14N2/c1-2-11-6-3-4-8-13(11)15-10-12-7-5-9-14-12/h3-10,14H,2H2,1H3. The molecule has 0 saturated heterocycles. The van der Waals surface area contributed by atoms with E-state index in [0.717, 1.165) is 17.8 Å². The molecular formula is C13H14N2. The Morgan fingerprint density at radius 2 is 2.07 bits per heavy atom. The molecule has 1 N–H and O–H groups in total. The predicted octanol–water partition coefficient (Wildman–Crippen LogP) is 3.33. The van der Waals surface area contributed by atoms with Gasteiger partial charge < -0.3 is 4.98 Å². The summed E-state index contributed by atoms with van der Waals surface area (Å²) in [7, 11) is 0. The zero-order valence-corrected chi connectivity index (χ0v) is 8.77. The van der Waals surface area contributed by atoms with Crippen LogP contribution in [0.4, 0.5) is 5.69 Å². The Morgan fingerprint density at radius 3 is 2.80 bits per heavy atom. The fourth-order valence-corrected chi connectivity index (χ4v) is 1.50. The van der Waals surface area contributed by atoms with Crippen molar-refractivity contribution in [2.45, 2.75) is 13.3 Å². The van der Waals surface area contributed by atoms with E-state index in [2.05, 4.69) is 23.0 Å². The fraction of sp³-hybridized carbons (Fsp3) is 0.154. The topological polar surface area (TPSA) is 28.1 Å². The van der Waals surface area contributed by atoms with Crippen molar-refractivity contribution in [2.24, 2.45) is 4.99 Å². The molecule has 1 aromatic carbocycles. The molecule has 0 aliphatic carbocycles. The van der Waals surface area contributed by atoms with Gasteiger partial charge in [0, 0.05) is 6.20 Å². The molecule has 0 atom stereocenters. The Hall–Kier alpha value is -1.83. The number of nitrogens with zero attached hydrogens (tertiary/aromatic N) is 1. The molecule has 0 amide bonds. The normalized spacial score (nSPS) is 11.0. The highest BCUT2D eigenvalue weighted by Gasteiger charge is 1.95. The Labute approximate surface area is 89.7 Å². The van der Waals surface area contributed by atoms with E-state index < -0.39 is 0 Å². The molecule has 2 rings (SSSR count). The Balaban J connectivity index is 2.24. The first-order chi connectivity index (χ1) is 7.40. The van der Waals surface area contributed by atoms with Crippen molar-refractivity contribution >= 4 is 11.9 Å². The molecule has 1 aromatic heterocycles. The van der Waals surface area contributed by atoms with Crippen molar-refractivity contribution in [3.05, 3.63) is 53.9 Å². The number of hydrogen-bond acceptors (Lipinski definition) is 1. The first-order valence-corrected chi connectivity index (χ1v) is 5.15. The van der Waals surface area contributed by atoms with Crippen LogP contribution in [0.3, 0.4) is 0 Å². The number of hydrogen-bond donors (Lipinski definition) is 1. The van der Waals surface area contributed by atoms with Crippen molar-refractivity contribution in [1.82, 2.24) is 4.98 Å². The SMILES string of the molecule is CCc1ccccc1N=Cc1ccc[nH]1. The zero-order valence-electron chi connectivity index (χ0n) is 8.77. The van der Waals surface area contributed by atoms with E-state index in [1.54, 1.807) is 0 Å². The maximum Gasteiger partial charge on any atom is 0.0662 e. The number of aromatic amines is 1. The predicted molar refractivity (Wildman–Crippen MR) is 63.9 cm³/mol. The minimum atomic E-state index is 1.01. The number of nitrogens with one attached hydrogen (secondary N) is 1. The van der Waals surface area contributed by atoms with Crippen molar-refractivity contribution in [2.75, 3.05) is 0 Å². The molecule has 2 nitrogen and oxygen atoms in total. The highest BCUT2D eigenvalue weighted by atomic mass is 14.8. The molecule has 2 aromatic rings. The van der Waals surface area contributed by atoms with Crippen LogP contribution in [0.5, 0.6) is 0 Å². The molecule has 0 aliphatic rings. The highest BCUT2D eigenvalue weighted by Crippen LogP contribution is 2.18. The maximum atomic E-state index is 4.46. The van der Waals surface area contributed by atoms with Gasteiger partial charge in [0.15, 0.2) is 0 Å². The zero-order chi connectivity index (χ0) is 10.5. The van der Waals surface area contributed by atoms with Crippen LogP contribution in [0.1, 0.15) is 18.2 Å². The lowest BCUT2D eigenvalue weighted by molar-refractivity contribution is 1.13. The molecule has 0 radical (unpaired) electrons. The summed E-state index contributed by atoms with van der Waals surface area (Å²) in [5.74, 6) is 0. The minimum absolute atomic E-state index is 1.01. The second-order valence-electron chi connectivity index (χ2n) is 3.37. The number of H-pyrrole nitrogens is 1. The van der Waals surface area contributed by atoms with Crippen LogP contribution >= 0.6 is 0 Å². The van der Waals surface area contributed by atoms with Crippen LogP contribution in [-0.2, 0) is 6.42 Å². The lowest BCUT2D eigenvalue weighted by atomic mass is 10.1. The summed E-state index contributed by atoms with van der Waals surface area (Å²) in [5.41, 5.74) is 3.36. The smallest absolute Gasteiger partial charge is 0.0662 e. The summed E-state index contributed by atoms with van der Waals surface area (Å²) in [5, 5.41) is 0. The largest absolute Gasteiger partial charge is 0.360 e. The number of aromatic nitrogens is 1. The first kappa shape index (κ1) is 9.71. The van der Waals surface area contributed by atoms with Crippen LogP contribution in [0.25, 0.3) is 0 Å². The fourth-order valence-electron chi connectivity index (χ4n) is 1.50. The van der Waals surface area contributed by atoms with Gasteiger partial charge in [-0.3, -0.25) is 4.99 Å². The Bertz CT molecular complexity index is 441. The maximum absolute atomic E-state index is 4.46. The van der Waals surface area contributed by atoms with Gasteiger partial charge >= 0.3 is 0 Å². The van der Waals surface area contributed by atoms with E-state index in [9.17, 15) is 0 Å². The van der Waals surface area contributed by atoms with E-state index >= 15 is 0 Å². The number of aliphatic imine (C=N–C) groups is 1. The van der Waals surface area contributed by atoms with E-state index in [0.29, 0.717) is 0 Å². The summed E-state index contributed by atoms with van der Waals surface area (Å²) in [4.78, 5) is 7.56. The number of benzene rings is 1. The molecule has 2 heteroatoms. The molecular weight excluding hydrogens is 184 g/mol. The molecule has 0 spiro atoms. The van der Waals surface area contributed by atoms with Gasteiger partial charge in [-0.2, -0.15) is 0 Å². The third kappa shape index (κ3) is 2.34. The van der Waals surface area contributed by atoms with Gasteiger partial charge in [0.2, 0.25) is 0 Å². The van der Waals surface area contributed by atoms with Crippen LogP contribution in [-0.4, -0.2) is 11.2 Å². The molecule has 0 unspecified atom stereocenters. The summed E-state index contributed by atoms with van der Waals surface area (Å²) in [6, 6.07) is 12.2. The van der Waals surface area contributed by atoms with Crippen molar-refractivity contribution in [1.29, 1.82) is 0 Å². The highest BCUT2D eigenvalue weighted by molar-refractivity contribution is 5.80. The Morgan fingerprint density at radius 1 is 1.20 bits per heavy atom. The van der Waals surface area contributed by atoms with Gasteiger partial charge in [0.05, 0.1) is 17.6 Å². The molecule has 0 saturated carbocycles. The number of para-hydroxylation sites is 1. The van der Waals surface area contributed by atoms with E-state index in [1.165, 1.54) is 5.56 Å². The molecule has 76 valence electrons. The van der Waals surface area contributed by atoms with Crippen LogP contribution in [0.2, 0.25) is 0 Å². The van der Waals surface area contributed by atoms with E-state index in [1.807, 2.05) is 42.7 Å². The monoisotopic (exact) mass is 198 g/mol. The summed E-state index contributed by atoms with van der Waals surface area (Å²) >= 11 is 0. The average molecular weight is 198 g/mol. The third-order valence-corrected chi connectivity index (χ3v) is 2.34. The van der Waals surface area contributed by atoms with E-state index in [4.69, 9.17) is 0 Å². The number of rotatable bonds is 3. The van der Waals surface area contributed by atoms with Gasteiger partial charge in [0.25, 0.3) is 0 Å². The first-order valence-electron chi connectivity index (χ1n) is 5.15. The van der Waals surface area contributed by atoms with Gasteiger partial charge in [-0.1, -0.05) is 25.1 Å². The van der Waals surface area contributed by atoms with E-state index in [-0.39, 0.29) is 0 Å². The lowest BCUT2D eigenvalue weighted by Crippen LogP contribution is -1.82. The van der Waals surface area contributed by atoms with Crippen molar-refractivity contribution < 1.29 is 0 Å². The quantitative estimate of drug-likeness (QED) is 0.733. The second kappa shape index (κ2) is 4.60. The molecule has 15 heavy (non-hydrogen) atoms. The Kier molecular flexibility index (Phi) is 2.98. The van der Waals surface area contributed by atoms with Crippen LogP contribution in [0.15, 0.2) is 47.6 Å². The average Bonchev–Trinajstić information content (AvgIpc) is 2.79. The summed E-state index contributed by atoms with van der Waals surface area (Å²) in [6.07, 6.45) is 4.76. The third-order valence-electron chi connectivity index (χ3n) is 2.34. The summed E-state index contributed by atoms with van der Waals surface area (Å²) < 4.78 is 0. The molecule has 0 fully saturated rings. The van der Waals surface area contributed by atoms with Crippen LogP contribution in [0, 0.1) is 0 Å². The molecule has 1 heterocycles. The van der Waals surface area contributed by atoms with Gasteiger partial charge in [-0.05, 0) is 30.2 Å². The van der Waals surface area contributed by atoms with Crippen LogP contribution < -0.4 is 0 Å². The van der Waals surface area contributed by atoms with Crippen molar-refractivity contribution in [3.63, 3.8) is 0 Å². The van der Waals surface area contributed by atoms with Gasteiger partial charge in [-0.15, -0.1) is 0 Å². The second-order valence-corrected chi connectivity index (χ2v) is 3.37. The van der Waals surface area contributed by atoms with Gasteiger partial charge in [0.1, 0.15) is 0 Å². The lowest BCUT2D eigenvalue weighted by Gasteiger charge is -2.00. The molecule has 0 bridgehead atoms.